The maximum Gasteiger partial charge on any atom is 0.345 e. The summed E-state index contributed by atoms with van der Waals surface area (Å²) >= 11 is 0. The lowest BCUT2D eigenvalue weighted by Crippen LogP contribution is -2.10. The molecule has 1 aliphatic heterocycles. The van der Waals surface area contributed by atoms with E-state index in [-0.39, 0.29) is 17.7 Å². The van der Waals surface area contributed by atoms with E-state index in [1.165, 1.54) is 6.33 Å². The molecular formula is C20H12F2N4O3. The number of benzene rings is 2. The van der Waals surface area contributed by atoms with E-state index in [9.17, 15) is 13.6 Å². The lowest BCUT2D eigenvalue weighted by atomic mass is 10.1. The number of carbonyl (C=O) groups is 1. The van der Waals surface area contributed by atoms with Gasteiger partial charge in [0.25, 0.3) is 0 Å². The van der Waals surface area contributed by atoms with Crippen LogP contribution in [0.4, 0.5) is 19.3 Å². The van der Waals surface area contributed by atoms with Crippen molar-refractivity contribution in [2.45, 2.75) is 12.0 Å². The van der Waals surface area contributed by atoms with Crippen molar-refractivity contribution >= 4 is 17.4 Å². The van der Waals surface area contributed by atoms with Gasteiger partial charge in [-0.05, 0) is 30.3 Å². The standard InChI is InChI=1S/C20H12F2N4O3/c21-10-1-3-14(13(22)7-10)25-20(27)26-18-17-12-8-11(2-4-15(12)29-19(17)18)28-16-5-6-23-9-24-16/h1-9,17,19H,(H,25,27)/t17-,19-/m0/s1. The van der Waals surface area contributed by atoms with Crippen molar-refractivity contribution in [3.8, 4) is 17.4 Å². The van der Waals surface area contributed by atoms with E-state index in [1.54, 1.807) is 24.4 Å². The van der Waals surface area contributed by atoms with E-state index < -0.39 is 17.7 Å². The van der Waals surface area contributed by atoms with E-state index in [0.29, 0.717) is 29.2 Å². The molecule has 0 radical (unpaired) electrons. The van der Waals surface area contributed by atoms with Crippen molar-refractivity contribution in [1.29, 1.82) is 0 Å². The highest BCUT2D eigenvalue weighted by atomic mass is 19.1. The van der Waals surface area contributed by atoms with Gasteiger partial charge in [0.15, 0.2) is 0 Å². The predicted octanol–water partition coefficient (Wildman–Crippen LogP) is 4.08. The fourth-order valence-corrected chi connectivity index (χ4v) is 3.20. The van der Waals surface area contributed by atoms with Gasteiger partial charge in [0.05, 0.1) is 17.3 Å². The molecule has 2 aliphatic rings. The smallest absolute Gasteiger partial charge is 0.345 e. The molecule has 7 nitrogen and oxygen atoms in total. The first-order valence-corrected chi connectivity index (χ1v) is 8.67. The summed E-state index contributed by atoms with van der Waals surface area (Å²) in [5, 5.41) is 2.30. The molecule has 0 bridgehead atoms. The number of nitrogens with one attached hydrogen (secondary N) is 1. The molecule has 5 rings (SSSR count). The van der Waals surface area contributed by atoms with E-state index in [1.807, 2.05) is 6.07 Å². The van der Waals surface area contributed by atoms with Crippen molar-refractivity contribution in [3.05, 3.63) is 72.2 Å². The van der Waals surface area contributed by atoms with E-state index in [2.05, 4.69) is 20.3 Å². The Hall–Kier alpha value is -3.88. The molecule has 29 heavy (non-hydrogen) atoms. The summed E-state index contributed by atoms with van der Waals surface area (Å²) in [6, 6.07) is 9.11. The number of rotatable bonds is 3. The fraction of sp³-hybridized carbons (Fsp3) is 0.100. The molecule has 0 spiro atoms. The third-order valence-electron chi connectivity index (χ3n) is 4.55. The predicted molar refractivity (Wildman–Crippen MR) is 98.5 cm³/mol. The number of fused-ring (bicyclic) bond motifs is 3. The summed E-state index contributed by atoms with van der Waals surface area (Å²) < 4.78 is 38.1. The summed E-state index contributed by atoms with van der Waals surface area (Å²) in [5.74, 6) is -0.102. The van der Waals surface area contributed by atoms with Gasteiger partial charge in [0.2, 0.25) is 5.88 Å². The number of aliphatic imine (C=N–C) groups is 1. The number of anilines is 1. The van der Waals surface area contributed by atoms with Crippen molar-refractivity contribution in [2.75, 3.05) is 5.32 Å². The van der Waals surface area contributed by atoms with Crippen molar-refractivity contribution in [3.63, 3.8) is 0 Å². The molecule has 2 amide bonds. The second kappa shape index (κ2) is 6.62. The highest BCUT2D eigenvalue weighted by Crippen LogP contribution is 2.52. The number of halogens is 2. The molecule has 9 heteroatoms. The van der Waals surface area contributed by atoms with Crippen LogP contribution in [-0.2, 0) is 0 Å². The van der Waals surface area contributed by atoms with Gasteiger partial charge in [-0.15, -0.1) is 0 Å². The Balaban J connectivity index is 1.31. The van der Waals surface area contributed by atoms with Gasteiger partial charge in [0, 0.05) is 23.9 Å². The third kappa shape index (κ3) is 3.27. The van der Waals surface area contributed by atoms with E-state index >= 15 is 0 Å². The summed E-state index contributed by atoms with van der Waals surface area (Å²) in [5.41, 5.74) is 1.24. The SMILES string of the molecule is O=C(N=C1[C@H]2Oc3ccc(Oc4ccncn4)cc3[C@@H]12)Nc1ccc(F)cc1F. The van der Waals surface area contributed by atoms with Crippen LogP contribution in [0.25, 0.3) is 0 Å². The van der Waals surface area contributed by atoms with Crippen LogP contribution in [0, 0.1) is 11.6 Å². The van der Waals surface area contributed by atoms with Crippen LogP contribution < -0.4 is 14.8 Å². The first-order chi connectivity index (χ1) is 14.1. The van der Waals surface area contributed by atoms with E-state index in [4.69, 9.17) is 9.47 Å². The molecule has 2 aromatic carbocycles. The highest BCUT2D eigenvalue weighted by molar-refractivity contribution is 6.18. The van der Waals surface area contributed by atoms with Gasteiger partial charge in [-0.25, -0.2) is 23.5 Å². The van der Waals surface area contributed by atoms with Crippen molar-refractivity contribution < 1.29 is 23.0 Å². The first-order valence-electron chi connectivity index (χ1n) is 8.67. The Kier molecular flexibility index (Phi) is 3.94. The highest BCUT2D eigenvalue weighted by Gasteiger charge is 2.56. The minimum atomic E-state index is -0.873. The molecule has 1 aromatic heterocycles. The Labute approximate surface area is 163 Å². The second-order valence-electron chi connectivity index (χ2n) is 6.46. The van der Waals surface area contributed by atoms with Gasteiger partial charge < -0.3 is 14.8 Å². The lowest BCUT2D eigenvalue weighted by Gasteiger charge is -2.08. The molecule has 1 fully saturated rings. The van der Waals surface area contributed by atoms with Gasteiger partial charge >= 0.3 is 6.03 Å². The monoisotopic (exact) mass is 394 g/mol. The number of nitrogens with zero attached hydrogens (tertiary/aromatic N) is 3. The van der Waals surface area contributed by atoms with Crippen LogP contribution in [0.1, 0.15) is 11.5 Å². The van der Waals surface area contributed by atoms with Crippen molar-refractivity contribution in [2.24, 2.45) is 4.99 Å². The van der Waals surface area contributed by atoms with Gasteiger partial charge in [-0.2, -0.15) is 4.99 Å². The number of hydrogen-bond acceptors (Lipinski definition) is 5. The minimum Gasteiger partial charge on any atom is -0.483 e. The summed E-state index contributed by atoms with van der Waals surface area (Å²) in [6.07, 6.45) is 2.63. The molecule has 0 unspecified atom stereocenters. The number of hydrogen-bond donors (Lipinski definition) is 1. The molecule has 2 heterocycles. The van der Waals surface area contributed by atoms with Crippen LogP contribution in [0.3, 0.4) is 0 Å². The topological polar surface area (TPSA) is 85.7 Å². The Morgan fingerprint density at radius 3 is 2.86 bits per heavy atom. The van der Waals surface area contributed by atoms with Crippen LogP contribution in [0.15, 0.2) is 60.0 Å². The Morgan fingerprint density at radius 2 is 2.07 bits per heavy atom. The molecule has 2 atom stereocenters. The zero-order valence-corrected chi connectivity index (χ0v) is 14.7. The van der Waals surface area contributed by atoms with Crippen LogP contribution in [0.2, 0.25) is 0 Å². The molecule has 1 saturated carbocycles. The summed E-state index contributed by atoms with van der Waals surface area (Å²) in [7, 11) is 0. The van der Waals surface area contributed by atoms with E-state index in [0.717, 1.165) is 17.7 Å². The number of aromatic nitrogens is 2. The minimum absolute atomic E-state index is 0.145. The third-order valence-corrected chi connectivity index (χ3v) is 4.55. The second-order valence-corrected chi connectivity index (χ2v) is 6.46. The number of urea groups is 1. The zero-order chi connectivity index (χ0) is 20.0. The van der Waals surface area contributed by atoms with Crippen LogP contribution in [-0.4, -0.2) is 27.8 Å². The first kappa shape index (κ1) is 17.2. The fourth-order valence-electron chi connectivity index (χ4n) is 3.20. The molecular weight excluding hydrogens is 382 g/mol. The Bertz CT molecular complexity index is 1150. The van der Waals surface area contributed by atoms with Crippen LogP contribution in [0.5, 0.6) is 17.4 Å². The molecule has 1 aliphatic carbocycles. The Morgan fingerprint density at radius 1 is 1.17 bits per heavy atom. The average molecular weight is 394 g/mol. The maximum absolute atomic E-state index is 13.7. The molecule has 3 aromatic rings. The maximum atomic E-state index is 13.7. The summed E-state index contributed by atoms with van der Waals surface area (Å²) in [6.45, 7) is 0. The molecule has 144 valence electrons. The number of carbonyl (C=O) groups excluding carboxylic acids is 1. The molecule has 0 saturated heterocycles. The normalized spacial score (nSPS) is 19.9. The molecule has 1 N–H and O–H groups in total. The zero-order valence-electron chi connectivity index (χ0n) is 14.7. The van der Waals surface area contributed by atoms with Gasteiger partial charge in [-0.3, -0.25) is 0 Å². The number of amides is 2. The number of ether oxygens (including phenoxy) is 2. The van der Waals surface area contributed by atoms with Gasteiger partial charge in [0.1, 0.15) is 35.6 Å². The summed E-state index contributed by atoms with van der Waals surface area (Å²) in [4.78, 5) is 23.9. The largest absolute Gasteiger partial charge is 0.483 e. The van der Waals surface area contributed by atoms with Gasteiger partial charge in [-0.1, -0.05) is 0 Å². The average Bonchev–Trinajstić information content (AvgIpc) is 3.22. The quantitative estimate of drug-likeness (QED) is 0.724. The lowest BCUT2D eigenvalue weighted by molar-refractivity contribution is 0.259. The van der Waals surface area contributed by atoms with Crippen molar-refractivity contribution in [1.82, 2.24) is 9.97 Å². The van der Waals surface area contributed by atoms with Crippen LogP contribution >= 0.6 is 0 Å².